The first kappa shape index (κ1) is 14.9. The molecule has 0 aliphatic rings. The lowest BCUT2D eigenvalue weighted by Crippen LogP contribution is -2.18. The number of hydroxylamine groups is 1. The van der Waals surface area contributed by atoms with Crippen molar-refractivity contribution in [2.24, 2.45) is 0 Å². The van der Waals surface area contributed by atoms with Crippen LogP contribution in [0.25, 0.3) is 11.0 Å². The van der Waals surface area contributed by atoms with Crippen molar-refractivity contribution in [3.8, 4) is 11.5 Å². The molecule has 0 aliphatic carbocycles. The zero-order valence-electron chi connectivity index (χ0n) is 11.4. The maximum atomic E-state index is 11.5. The molecule has 0 atom stereocenters. The van der Waals surface area contributed by atoms with Gasteiger partial charge in [0.25, 0.3) is 0 Å². The fourth-order valence-corrected chi connectivity index (χ4v) is 1.83. The Labute approximate surface area is 120 Å². The first-order valence-electron chi connectivity index (χ1n) is 6.31. The molecular weight excluding hydrogens is 278 g/mol. The molecule has 7 heteroatoms. The Morgan fingerprint density at radius 1 is 1.38 bits per heavy atom. The second-order valence-electron chi connectivity index (χ2n) is 4.28. The van der Waals surface area contributed by atoms with Gasteiger partial charge in [0.1, 0.15) is 17.1 Å². The molecule has 0 bridgehead atoms. The van der Waals surface area contributed by atoms with Crippen molar-refractivity contribution in [2.45, 2.75) is 12.8 Å². The molecule has 7 nitrogen and oxygen atoms in total. The zero-order chi connectivity index (χ0) is 15.2. The van der Waals surface area contributed by atoms with Crippen molar-refractivity contribution < 1.29 is 23.9 Å². The molecule has 1 amide bonds. The van der Waals surface area contributed by atoms with Crippen LogP contribution in [0.1, 0.15) is 12.8 Å². The number of carbonyl (C=O) groups excluding carboxylic acids is 1. The third-order valence-electron chi connectivity index (χ3n) is 2.84. The third kappa shape index (κ3) is 3.73. The quantitative estimate of drug-likeness (QED) is 0.362. The second-order valence-corrected chi connectivity index (χ2v) is 4.28. The Morgan fingerprint density at radius 3 is 2.90 bits per heavy atom. The number of fused-ring (bicyclic) bond motifs is 1. The van der Waals surface area contributed by atoms with E-state index in [0.717, 1.165) is 0 Å². The minimum absolute atomic E-state index is 0.124. The summed E-state index contributed by atoms with van der Waals surface area (Å²) in [7, 11) is 1.54. The van der Waals surface area contributed by atoms with E-state index in [1.54, 1.807) is 23.7 Å². The summed E-state index contributed by atoms with van der Waals surface area (Å²) in [5.41, 5.74) is 1.42. The van der Waals surface area contributed by atoms with Gasteiger partial charge in [-0.1, -0.05) is 0 Å². The number of benzene rings is 1. The minimum atomic E-state index is -0.518. The molecule has 0 spiro atoms. The van der Waals surface area contributed by atoms with E-state index in [1.165, 1.54) is 13.2 Å². The SMILES string of the molecule is COc1ccc2oc(=O)cc(OCCCC(=O)NO)c2c1. The molecule has 0 saturated heterocycles. The van der Waals surface area contributed by atoms with E-state index in [0.29, 0.717) is 28.9 Å². The van der Waals surface area contributed by atoms with E-state index >= 15 is 0 Å². The highest BCUT2D eigenvalue weighted by Gasteiger charge is 2.08. The predicted octanol–water partition coefficient (Wildman–Crippen LogP) is 1.47. The zero-order valence-corrected chi connectivity index (χ0v) is 11.4. The van der Waals surface area contributed by atoms with Crippen molar-refractivity contribution in [1.82, 2.24) is 5.48 Å². The predicted molar refractivity (Wildman–Crippen MR) is 73.7 cm³/mol. The molecule has 21 heavy (non-hydrogen) atoms. The first-order chi connectivity index (χ1) is 10.1. The molecule has 0 unspecified atom stereocenters. The molecule has 0 fully saturated rings. The summed E-state index contributed by atoms with van der Waals surface area (Å²) in [5.74, 6) is 0.489. The summed E-state index contributed by atoms with van der Waals surface area (Å²) < 4.78 is 15.7. The highest BCUT2D eigenvalue weighted by atomic mass is 16.5. The van der Waals surface area contributed by atoms with Gasteiger partial charge in [-0.15, -0.1) is 0 Å². The number of ether oxygens (including phenoxy) is 2. The fraction of sp³-hybridized carbons (Fsp3) is 0.286. The Bertz CT molecular complexity index is 693. The Hall–Kier alpha value is -2.54. The Morgan fingerprint density at radius 2 is 2.19 bits per heavy atom. The van der Waals surface area contributed by atoms with Gasteiger partial charge in [0.05, 0.1) is 25.2 Å². The molecule has 2 N–H and O–H groups in total. The van der Waals surface area contributed by atoms with Crippen molar-refractivity contribution >= 4 is 16.9 Å². The van der Waals surface area contributed by atoms with Crippen molar-refractivity contribution in [3.05, 3.63) is 34.7 Å². The normalized spacial score (nSPS) is 10.4. The number of carbonyl (C=O) groups is 1. The van der Waals surface area contributed by atoms with Gasteiger partial charge in [-0.25, -0.2) is 10.3 Å². The van der Waals surface area contributed by atoms with E-state index in [2.05, 4.69) is 0 Å². The number of hydrogen-bond donors (Lipinski definition) is 2. The van der Waals surface area contributed by atoms with Gasteiger partial charge in [-0.3, -0.25) is 10.0 Å². The second kappa shape index (κ2) is 6.76. The van der Waals surface area contributed by atoms with Gasteiger partial charge in [-0.05, 0) is 24.6 Å². The number of hydrogen-bond acceptors (Lipinski definition) is 6. The summed E-state index contributed by atoms with van der Waals surface area (Å²) in [4.78, 5) is 22.3. The van der Waals surface area contributed by atoms with Crippen molar-refractivity contribution in [3.63, 3.8) is 0 Å². The number of amides is 1. The van der Waals surface area contributed by atoms with Crippen LogP contribution in [0.3, 0.4) is 0 Å². The minimum Gasteiger partial charge on any atom is -0.497 e. The highest BCUT2D eigenvalue weighted by Crippen LogP contribution is 2.27. The fourth-order valence-electron chi connectivity index (χ4n) is 1.83. The van der Waals surface area contributed by atoms with Crippen LogP contribution < -0.4 is 20.6 Å². The summed E-state index contributed by atoms with van der Waals surface area (Å²) in [6.45, 7) is 0.225. The van der Waals surface area contributed by atoms with Crippen LogP contribution >= 0.6 is 0 Å². The smallest absolute Gasteiger partial charge is 0.339 e. The average Bonchev–Trinajstić information content (AvgIpc) is 2.50. The highest BCUT2D eigenvalue weighted by molar-refractivity contribution is 5.84. The lowest BCUT2D eigenvalue weighted by molar-refractivity contribution is -0.129. The van der Waals surface area contributed by atoms with Gasteiger partial charge < -0.3 is 13.9 Å². The van der Waals surface area contributed by atoms with E-state index in [1.807, 2.05) is 0 Å². The maximum absolute atomic E-state index is 11.5. The van der Waals surface area contributed by atoms with E-state index in [4.69, 9.17) is 19.1 Å². The van der Waals surface area contributed by atoms with E-state index < -0.39 is 11.5 Å². The molecule has 1 aromatic carbocycles. The standard InChI is InChI=1S/C14H15NO6/c1-19-9-4-5-11-10(7-9)12(8-14(17)21-11)20-6-2-3-13(16)15-18/h4-5,7-8,18H,2-3,6H2,1H3,(H,15,16). The molecule has 0 radical (unpaired) electrons. The lowest BCUT2D eigenvalue weighted by Gasteiger charge is -2.09. The van der Waals surface area contributed by atoms with Crippen molar-refractivity contribution in [1.29, 1.82) is 0 Å². The van der Waals surface area contributed by atoms with Gasteiger partial charge in [0.2, 0.25) is 5.91 Å². The molecule has 0 aliphatic heterocycles. The van der Waals surface area contributed by atoms with Crippen LogP contribution in [-0.2, 0) is 4.79 Å². The van der Waals surface area contributed by atoms with Crippen LogP contribution in [0.2, 0.25) is 0 Å². The van der Waals surface area contributed by atoms with Gasteiger partial charge in [0.15, 0.2) is 0 Å². The molecule has 112 valence electrons. The monoisotopic (exact) mass is 293 g/mol. The van der Waals surface area contributed by atoms with Gasteiger partial charge in [-0.2, -0.15) is 0 Å². The van der Waals surface area contributed by atoms with Gasteiger partial charge >= 0.3 is 5.63 Å². The maximum Gasteiger partial charge on any atom is 0.339 e. The lowest BCUT2D eigenvalue weighted by atomic mass is 10.2. The van der Waals surface area contributed by atoms with Crippen LogP contribution in [0.4, 0.5) is 0 Å². The summed E-state index contributed by atoms with van der Waals surface area (Å²) in [6, 6.07) is 6.25. The molecule has 1 aromatic heterocycles. The van der Waals surface area contributed by atoms with E-state index in [-0.39, 0.29) is 13.0 Å². The number of nitrogens with one attached hydrogen (secondary N) is 1. The summed E-state index contributed by atoms with van der Waals surface area (Å²) in [5, 5.41) is 8.99. The number of methoxy groups -OCH3 is 1. The van der Waals surface area contributed by atoms with Gasteiger partial charge in [0, 0.05) is 6.42 Å². The largest absolute Gasteiger partial charge is 0.497 e. The third-order valence-corrected chi connectivity index (χ3v) is 2.84. The van der Waals surface area contributed by atoms with Crippen LogP contribution in [-0.4, -0.2) is 24.8 Å². The van der Waals surface area contributed by atoms with Crippen LogP contribution in [0, 0.1) is 0 Å². The molecule has 2 rings (SSSR count). The average molecular weight is 293 g/mol. The first-order valence-corrected chi connectivity index (χ1v) is 6.31. The number of rotatable bonds is 6. The molecule has 0 saturated carbocycles. The molecule has 2 aromatic rings. The topological polar surface area (TPSA) is 98.0 Å². The Kier molecular flexibility index (Phi) is 4.78. The van der Waals surface area contributed by atoms with E-state index in [9.17, 15) is 9.59 Å². The summed E-state index contributed by atoms with van der Waals surface area (Å²) >= 11 is 0. The molecule has 1 heterocycles. The van der Waals surface area contributed by atoms with Crippen LogP contribution in [0.5, 0.6) is 11.5 Å². The molecular formula is C14H15NO6. The Balaban J connectivity index is 2.17. The van der Waals surface area contributed by atoms with Crippen LogP contribution in [0.15, 0.2) is 33.5 Å². The summed E-state index contributed by atoms with van der Waals surface area (Å²) in [6.07, 6.45) is 0.525. The van der Waals surface area contributed by atoms with Crippen molar-refractivity contribution in [2.75, 3.05) is 13.7 Å².